The second kappa shape index (κ2) is 10.5. The van der Waals surface area contributed by atoms with Crippen molar-refractivity contribution >= 4 is 5.91 Å². The topological polar surface area (TPSA) is 56.8 Å². The molecular weight excluding hydrogens is 330 g/mol. The summed E-state index contributed by atoms with van der Waals surface area (Å²) in [6, 6.07) is 13.4. The van der Waals surface area contributed by atoms with Gasteiger partial charge in [-0.1, -0.05) is 31.2 Å². The standard InChI is InChI=1S/C21H27NO4/c1-4-11-26-15-17-8-6-5-7-16(17)14-22-21(23)13-18-12-19(24-2)9-10-20(18)25-3/h5-10,12H,4,11,13-15H2,1-3H3,(H,22,23). The van der Waals surface area contributed by atoms with Crippen LogP contribution in [0.1, 0.15) is 30.0 Å². The van der Waals surface area contributed by atoms with E-state index in [1.807, 2.05) is 42.5 Å². The number of methoxy groups -OCH3 is 2. The molecule has 1 amide bonds. The molecule has 0 unspecified atom stereocenters. The molecule has 1 N–H and O–H groups in total. The number of hydrogen-bond acceptors (Lipinski definition) is 4. The van der Waals surface area contributed by atoms with Gasteiger partial charge in [-0.2, -0.15) is 0 Å². The van der Waals surface area contributed by atoms with Crippen molar-refractivity contribution in [1.29, 1.82) is 0 Å². The summed E-state index contributed by atoms with van der Waals surface area (Å²) in [5.41, 5.74) is 2.96. The van der Waals surface area contributed by atoms with Gasteiger partial charge in [0.25, 0.3) is 0 Å². The smallest absolute Gasteiger partial charge is 0.224 e. The van der Waals surface area contributed by atoms with Crippen LogP contribution in [0, 0.1) is 0 Å². The van der Waals surface area contributed by atoms with E-state index in [-0.39, 0.29) is 12.3 Å². The molecule has 0 saturated carbocycles. The van der Waals surface area contributed by atoms with Crippen molar-refractivity contribution < 1.29 is 19.0 Å². The molecule has 0 spiro atoms. The highest BCUT2D eigenvalue weighted by Crippen LogP contribution is 2.24. The number of hydrogen-bond donors (Lipinski definition) is 1. The number of carbonyl (C=O) groups excluding carboxylic acids is 1. The van der Waals surface area contributed by atoms with E-state index < -0.39 is 0 Å². The summed E-state index contributed by atoms with van der Waals surface area (Å²) in [5, 5.41) is 2.98. The first-order valence-corrected chi connectivity index (χ1v) is 8.80. The number of amides is 1. The van der Waals surface area contributed by atoms with E-state index in [9.17, 15) is 4.79 Å². The van der Waals surface area contributed by atoms with E-state index in [2.05, 4.69) is 12.2 Å². The molecule has 26 heavy (non-hydrogen) atoms. The fourth-order valence-corrected chi connectivity index (χ4v) is 2.65. The summed E-state index contributed by atoms with van der Waals surface area (Å²) in [7, 11) is 3.19. The Morgan fingerprint density at radius 1 is 1.00 bits per heavy atom. The third-order valence-corrected chi connectivity index (χ3v) is 4.04. The van der Waals surface area contributed by atoms with Crippen molar-refractivity contribution in [3.63, 3.8) is 0 Å². The number of nitrogens with one attached hydrogen (secondary N) is 1. The summed E-state index contributed by atoms with van der Waals surface area (Å²) in [6.45, 7) is 3.84. The molecule has 2 aromatic carbocycles. The second-order valence-corrected chi connectivity index (χ2v) is 5.95. The van der Waals surface area contributed by atoms with Gasteiger partial charge < -0.3 is 19.5 Å². The van der Waals surface area contributed by atoms with Gasteiger partial charge >= 0.3 is 0 Å². The van der Waals surface area contributed by atoms with Gasteiger partial charge in [0.05, 0.1) is 27.2 Å². The van der Waals surface area contributed by atoms with E-state index in [4.69, 9.17) is 14.2 Å². The lowest BCUT2D eigenvalue weighted by Crippen LogP contribution is -2.25. The number of rotatable bonds is 10. The highest BCUT2D eigenvalue weighted by Gasteiger charge is 2.11. The maximum atomic E-state index is 12.4. The second-order valence-electron chi connectivity index (χ2n) is 5.95. The van der Waals surface area contributed by atoms with Crippen LogP contribution in [0.15, 0.2) is 42.5 Å². The Kier molecular flexibility index (Phi) is 7.96. The van der Waals surface area contributed by atoms with Gasteiger partial charge in [0, 0.05) is 18.7 Å². The van der Waals surface area contributed by atoms with Crippen LogP contribution in [0.4, 0.5) is 0 Å². The Balaban J connectivity index is 1.97. The third-order valence-electron chi connectivity index (χ3n) is 4.04. The molecule has 0 aliphatic heterocycles. The van der Waals surface area contributed by atoms with Gasteiger partial charge in [-0.3, -0.25) is 4.79 Å². The van der Waals surface area contributed by atoms with Crippen LogP contribution in [0.2, 0.25) is 0 Å². The van der Waals surface area contributed by atoms with E-state index in [1.165, 1.54) is 0 Å². The summed E-state index contributed by atoms with van der Waals surface area (Å²) in [4.78, 5) is 12.4. The Morgan fingerprint density at radius 3 is 2.46 bits per heavy atom. The number of benzene rings is 2. The van der Waals surface area contributed by atoms with Crippen LogP contribution in [0.3, 0.4) is 0 Å². The summed E-state index contributed by atoms with van der Waals surface area (Å²) in [6.07, 6.45) is 1.22. The molecule has 0 radical (unpaired) electrons. The first-order valence-electron chi connectivity index (χ1n) is 8.80. The Morgan fingerprint density at radius 2 is 1.77 bits per heavy atom. The molecule has 0 heterocycles. The molecule has 0 atom stereocenters. The minimum absolute atomic E-state index is 0.0687. The van der Waals surface area contributed by atoms with E-state index in [1.54, 1.807) is 14.2 Å². The molecular formula is C21H27NO4. The van der Waals surface area contributed by atoms with Crippen LogP contribution in [-0.2, 0) is 29.1 Å². The average Bonchev–Trinajstić information content (AvgIpc) is 2.67. The van der Waals surface area contributed by atoms with Gasteiger partial charge in [-0.25, -0.2) is 0 Å². The summed E-state index contributed by atoms with van der Waals surface area (Å²) < 4.78 is 16.2. The van der Waals surface area contributed by atoms with Gasteiger partial charge in [0.15, 0.2) is 0 Å². The number of carbonyl (C=O) groups is 1. The SMILES string of the molecule is CCCOCc1ccccc1CNC(=O)Cc1cc(OC)ccc1OC. The van der Waals surface area contributed by atoms with Gasteiger partial charge in [-0.15, -0.1) is 0 Å². The lowest BCUT2D eigenvalue weighted by Gasteiger charge is -2.13. The summed E-state index contributed by atoms with van der Waals surface area (Å²) >= 11 is 0. The van der Waals surface area contributed by atoms with Gasteiger partial charge in [0.2, 0.25) is 5.91 Å². The fourth-order valence-electron chi connectivity index (χ4n) is 2.65. The van der Waals surface area contributed by atoms with Crippen LogP contribution >= 0.6 is 0 Å². The molecule has 140 valence electrons. The molecule has 0 bridgehead atoms. The fraction of sp³-hybridized carbons (Fsp3) is 0.381. The van der Waals surface area contributed by atoms with Crippen molar-refractivity contribution in [2.45, 2.75) is 32.9 Å². The van der Waals surface area contributed by atoms with Crippen LogP contribution < -0.4 is 14.8 Å². The molecule has 0 aromatic heterocycles. The zero-order valence-corrected chi connectivity index (χ0v) is 15.7. The van der Waals surface area contributed by atoms with E-state index >= 15 is 0 Å². The molecule has 0 saturated heterocycles. The monoisotopic (exact) mass is 357 g/mol. The van der Waals surface area contributed by atoms with Crippen molar-refractivity contribution in [3.05, 3.63) is 59.2 Å². The predicted molar refractivity (Wildman–Crippen MR) is 101 cm³/mol. The summed E-state index contributed by atoms with van der Waals surface area (Å²) in [5.74, 6) is 1.31. The normalized spacial score (nSPS) is 10.4. The van der Waals surface area contributed by atoms with E-state index in [0.29, 0.717) is 24.7 Å². The van der Waals surface area contributed by atoms with Crippen LogP contribution in [0.25, 0.3) is 0 Å². The zero-order chi connectivity index (χ0) is 18.8. The zero-order valence-electron chi connectivity index (χ0n) is 15.7. The minimum Gasteiger partial charge on any atom is -0.497 e. The van der Waals surface area contributed by atoms with Gasteiger partial charge in [0.1, 0.15) is 11.5 Å². The van der Waals surface area contributed by atoms with Crippen molar-refractivity contribution in [3.8, 4) is 11.5 Å². The lowest BCUT2D eigenvalue weighted by molar-refractivity contribution is -0.120. The Labute approximate surface area is 155 Å². The molecule has 2 rings (SSSR count). The average molecular weight is 357 g/mol. The quantitative estimate of drug-likeness (QED) is 0.661. The first kappa shape index (κ1) is 19.8. The maximum Gasteiger partial charge on any atom is 0.224 e. The molecule has 5 heteroatoms. The van der Waals surface area contributed by atoms with Crippen molar-refractivity contribution in [2.24, 2.45) is 0 Å². The minimum atomic E-state index is -0.0687. The third kappa shape index (κ3) is 5.77. The van der Waals surface area contributed by atoms with Crippen molar-refractivity contribution in [2.75, 3.05) is 20.8 Å². The lowest BCUT2D eigenvalue weighted by atomic mass is 10.1. The van der Waals surface area contributed by atoms with E-state index in [0.717, 1.165) is 29.7 Å². The highest BCUT2D eigenvalue weighted by molar-refractivity contribution is 5.79. The molecule has 0 aliphatic rings. The largest absolute Gasteiger partial charge is 0.497 e. The predicted octanol–water partition coefficient (Wildman–Crippen LogP) is 3.49. The van der Waals surface area contributed by atoms with Crippen LogP contribution in [0.5, 0.6) is 11.5 Å². The molecule has 0 fully saturated rings. The first-order chi connectivity index (χ1) is 12.7. The van der Waals surface area contributed by atoms with Gasteiger partial charge in [-0.05, 0) is 35.7 Å². The highest BCUT2D eigenvalue weighted by atomic mass is 16.5. The molecule has 5 nitrogen and oxygen atoms in total. The number of ether oxygens (including phenoxy) is 3. The Hall–Kier alpha value is -2.53. The molecule has 2 aromatic rings. The van der Waals surface area contributed by atoms with Crippen molar-refractivity contribution in [1.82, 2.24) is 5.32 Å². The maximum absolute atomic E-state index is 12.4. The van der Waals surface area contributed by atoms with Crippen LogP contribution in [-0.4, -0.2) is 26.7 Å². The Bertz CT molecular complexity index is 715. The molecule has 0 aliphatic carbocycles.